The molecule has 1 saturated heterocycles. The fraction of sp³-hybridized carbons (Fsp3) is 0.722. The third kappa shape index (κ3) is 4.56. The van der Waals surface area contributed by atoms with E-state index < -0.39 is 13.9 Å². The van der Waals surface area contributed by atoms with Gasteiger partial charge in [0.1, 0.15) is 11.7 Å². The Morgan fingerprint density at radius 2 is 2.12 bits per heavy atom. The molecule has 1 fully saturated rings. The molecule has 136 valence electrons. The molecule has 2 aliphatic heterocycles. The number of carbonyl (C=O) groups excluding carboxylic acids is 1. The summed E-state index contributed by atoms with van der Waals surface area (Å²) in [4.78, 5) is 11.0. The van der Waals surface area contributed by atoms with Crippen molar-refractivity contribution < 1.29 is 23.4 Å². The summed E-state index contributed by atoms with van der Waals surface area (Å²) in [5.41, 5.74) is -0.630. The first-order valence-corrected chi connectivity index (χ1v) is 11.4. The summed E-state index contributed by atoms with van der Waals surface area (Å²) in [5.74, 6) is -0.349. The summed E-state index contributed by atoms with van der Waals surface area (Å²) in [6.07, 6.45) is 7.86. The highest BCUT2D eigenvalue weighted by Gasteiger charge is 2.48. The van der Waals surface area contributed by atoms with Crippen LogP contribution in [-0.4, -0.2) is 45.3 Å². The second-order valence-corrected chi connectivity index (χ2v) is 12.9. The van der Waals surface area contributed by atoms with E-state index >= 15 is 0 Å². The molecule has 0 spiro atoms. The van der Waals surface area contributed by atoms with Gasteiger partial charge in [0, 0.05) is 13.3 Å². The molecule has 0 aliphatic carbocycles. The maximum Gasteiger partial charge on any atom is 0.307 e. The van der Waals surface area contributed by atoms with Crippen LogP contribution in [0.3, 0.4) is 0 Å². The lowest BCUT2D eigenvalue weighted by molar-refractivity contribution is -0.135. The predicted molar refractivity (Wildman–Crippen MR) is 95.2 cm³/mol. The number of rotatable bonds is 5. The van der Waals surface area contributed by atoms with Crippen LogP contribution in [0.5, 0.6) is 0 Å². The average molecular weight is 355 g/mol. The quantitative estimate of drug-likeness (QED) is 0.327. The van der Waals surface area contributed by atoms with E-state index in [1.165, 1.54) is 13.2 Å². The Morgan fingerprint density at radius 3 is 2.71 bits per heavy atom. The van der Waals surface area contributed by atoms with Crippen molar-refractivity contribution in [2.75, 3.05) is 13.2 Å². The largest absolute Gasteiger partial charge is 0.435 e. The summed E-state index contributed by atoms with van der Waals surface area (Å²) in [6, 6.07) is 0. The van der Waals surface area contributed by atoms with Crippen molar-refractivity contribution in [2.45, 2.75) is 70.1 Å². The molecule has 24 heavy (non-hydrogen) atoms. The fourth-order valence-electron chi connectivity index (χ4n) is 2.56. The van der Waals surface area contributed by atoms with E-state index in [1.54, 1.807) is 6.08 Å². The maximum atomic E-state index is 11.0. The van der Waals surface area contributed by atoms with Crippen LogP contribution in [-0.2, 0) is 23.4 Å². The van der Waals surface area contributed by atoms with Crippen molar-refractivity contribution in [1.82, 2.24) is 0 Å². The third-order valence-corrected chi connectivity index (χ3v) is 9.58. The number of carbonyl (C=O) groups is 1. The number of hydrogen-bond acceptors (Lipinski definition) is 5. The molecule has 0 aromatic rings. The van der Waals surface area contributed by atoms with Crippen LogP contribution in [0.25, 0.3) is 0 Å². The first-order chi connectivity index (χ1) is 11.0. The zero-order valence-corrected chi connectivity index (χ0v) is 16.6. The van der Waals surface area contributed by atoms with Gasteiger partial charge in [0.2, 0.25) is 0 Å². The average Bonchev–Trinajstić information content (AvgIpc) is 2.82. The van der Waals surface area contributed by atoms with E-state index in [0.717, 1.165) is 0 Å². The van der Waals surface area contributed by atoms with Gasteiger partial charge in [-0.3, -0.25) is 4.79 Å². The second kappa shape index (κ2) is 7.12. The van der Waals surface area contributed by atoms with Gasteiger partial charge in [-0.2, -0.15) is 0 Å². The Labute approximate surface area is 146 Å². The van der Waals surface area contributed by atoms with Crippen molar-refractivity contribution in [3.8, 4) is 0 Å². The molecule has 2 heterocycles. The Morgan fingerprint density at radius 1 is 1.42 bits per heavy atom. The molecular formula is C18H30O5Si. The van der Waals surface area contributed by atoms with Gasteiger partial charge in [-0.25, -0.2) is 0 Å². The summed E-state index contributed by atoms with van der Waals surface area (Å²) in [7, 11) is -1.91. The number of fused-ring (bicyclic) bond motifs is 1. The van der Waals surface area contributed by atoms with Gasteiger partial charge in [-0.05, 0) is 24.2 Å². The Balaban J connectivity index is 2.14. The second-order valence-electron chi connectivity index (χ2n) is 8.11. The molecule has 5 nitrogen and oxygen atoms in total. The van der Waals surface area contributed by atoms with E-state index in [9.17, 15) is 4.79 Å². The lowest BCUT2D eigenvalue weighted by Gasteiger charge is -2.39. The Bertz CT molecular complexity index is 520. The highest BCUT2D eigenvalue weighted by Crippen LogP contribution is 2.40. The molecular weight excluding hydrogens is 324 g/mol. The Kier molecular flexibility index (Phi) is 5.74. The highest BCUT2D eigenvalue weighted by molar-refractivity contribution is 6.74. The van der Waals surface area contributed by atoms with Crippen LogP contribution in [0.4, 0.5) is 0 Å². The molecule has 2 aliphatic rings. The summed E-state index contributed by atoms with van der Waals surface area (Å²) in [5, 5.41) is 0.121. The molecule has 0 bridgehead atoms. The highest BCUT2D eigenvalue weighted by atomic mass is 28.4. The summed E-state index contributed by atoms with van der Waals surface area (Å²) >= 11 is 0. The first kappa shape index (κ1) is 19.4. The predicted octanol–water partition coefficient (Wildman–Crippen LogP) is 3.57. The van der Waals surface area contributed by atoms with Gasteiger partial charge in [0.25, 0.3) is 0 Å². The van der Waals surface area contributed by atoms with Crippen molar-refractivity contribution >= 4 is 14.3 Å². The number of ether oxygens (including phenoxy) is 3. The van der Waals surface area contributed by atoms with E-state index in [4.69, 9.17) is 18.6 Å². The standard InChI is InChI=1S/C18H30O5Si/c1-14(19)20-11-9-18(13-22-24(5,6)17(2,3)4)12-16-15(23-18)8-7-10-21-16/h7-9,11,15-16H,10,12-13H2,1-6H3/b11-9+/t15-,16-,18+/m1/s1. The van der Waals surface area contributed by atoms with Gasteiger partial charge in [-0.1, -0.05) is 32.9 Å². The minimum atomic E-state index is -1.91. The smallest absolute Gasteiger partial charge is 0.307 e. The molecule has 0 unspecified atom stereocenters. The fourth-order valence-corrected chi connectivity index (χ4v) is 3.60. The van der Waals surface area contributed by atoms with Crippen LogP contribution < -0.4 is 0 Å². The Hall–Kier alpha value is -0.953. The van der Waals surface area contributed by atoms with Crippen molar-refractivity contribution in [2.24, 2.45) is 0 Å². The van der Waals surface area contributed by atoms with Crippen LogP contribution in [0.1, 0.15) is 34.1 Å². The minimum Gasteiger partial charge on any atom is -0.435 e. The van der Waals surface area contributed by atoms with E-state index in [-0.39, 0.29) is 23.2 Å². The summed E-state index contributed by atoms with van der Waals surface area (Å²) in [6.45, 7) is 13.5. The lowest BCUT2D eigenvalue weighted by Crippen LogP contribution is -2.45. The number of esters is 1. The molecule has 0 saturated carbocycles. The number of hydrogen-bond donors (Lipinski definition) is 0. The van der Waals surface area contributed by atoms with Crippen molar-refractivity contribution in [1.29, 1.82) is 0 Å². The van der Waals surface area contributed by atoms with Gasteiger partial charge in [-0.15, -0.1) is 0 Å². The molecule has 0 N–H and O–H groups in total. The van der Waals surface area contributed by atoms with E-state index in [2.05, 4.69) is 33.9 Å². The van der Waals surface area contributed by atoms with Crippen LogP contribution in [0, 0.1) is 0 Å². The van der Waals surface area contributed by atoms with E-state index in [0.29, 0.717) is 19.6 Å². The SMILES string of the molecule is CC(=O)O/C=C/[C@@]1(CO[Si](C)(C)C(C)(C)C)C[C@H]2OCC=C[C@H]2O1. The van der Waals surface area contributed by atoms with E-state index in [1.807, 2.05) is 12.2 Å². The molecule has 3 atom stereocenters. The molecule has 0 aromatic carbocycles. The minimum absolute atomic E-state index is 0.0139. The third-order valence-electron chi connectivity index (χ3n) is 5.11. The molecule has 0 aromatic heterocycles. The van der Waals surface area contributed by atoms with Gasteiger partial charge < -0.3 is 18.6 Å². The first-order valence-electron chi connectivity index (χ1n) is 8.50. The lowest BCUT2D eigenvalue weighted by atomic mass is 9.98. The summed E-state index contributed by atoms with van der Waals surface area (Å²) < 4.78 is 23.4. The van der Waals surface area contributed by atoms with Crippen LogP contribution >= 0.6 is 0 Å². The normalized spacial score (nSPS) is 30.6. The zero-order chi connectivity index (χ0) is 18.0. The van der Waals surface area contributed by atoms with Gasteiger partial charge in [0.05, 0.1) is 25.6 Å². The zero-order valence-electron chi connectivity index (χ0n) is 15.6. The molecule has 6 heteroatoms. The van der Waals surface area contributed by atoms with Crippen LogP contribution in [0.15, 0.2) is 24.5 Å². The van der Waals surface area contributed by atoms with Crippen molar-refractivity contribution in [3.05, 3.63) is 24.5 Å². The van der Waals surface area contributed by atoms with Crippen molar-refractivity contribution in [3.63, 3.8) is 0 Å². The topological polar surface area (TPSA) is 54.0 Å². The molecule has 0 radical (unpaired) electrons. The molecule has 0 amide bonds. The van der Waals surface area contributed by atoms with Gasteiger partial charge >= 0.3 is 5.97 Å². The molecule has 2 rings (SSSR count). The van der Waals surface area contributed by atoms with Gasteiger partial charge in [0.15, 0.2) is 8.32 Å². The van der Waals surface area contributed by atoms with Crippen LogP contribution in [0.2, 0.25) is 18.1 Å². The monoisotopic (exact) mass is 354 g/mol. The maximum absolute atomic E-state index is 11.0.